The van der Waals surface area contributed by atoms with Crippen LogP contribution < -0.4 is 10.2 Å². The van der Waals surface area contributed by atoms with E-state index in [0.29, 0.717) is 6.61 Å². The van der Waals surface area contributed by atoms with Gasteiger partial charge in [0.25, 0.3) is 0 Å². The number of hydrogen-bond acceptors (Lipinski definition) is 5. The minimum absolute atomic E-state index is 0.606. The van der Waals surface area contributed by atoms with Crippen LogP contribution in [0.25, 0.3) is 0 Å². The minimum atomic E-state index is 0.606. The smallest absolute Gasteiger partial charge is 0.185 e. The lowest BCUT2D eigenvalue weighted by Gasteiger charge is -2.14. The van der Waals surface area contributed by atoms with Gasteiger partial charge in [-0.05, 0) is 25.3 Å². The highest BCUT2D eigenvalue weighted by Gasteiger charge is 2.24. The zero-order valence-corrected chi connectivity index (χ0v) is 12.3. The molecule has 0 bridgehead atoms. The molecule has 1 aromatic heterocycles. The highest BCUT2D eigenvalue weighted by atomic mass is 32.1. The van der Waals surface area contributed by atoms with E-state index in [0.717, 1.165) is 36.4 Å². The van der Waals surface area contributed by atoms with Gasteiger partial charge in [0.1, 0.15) is 0 Å². The molecule has 0 aromatic carbocycles. The molecule has 102 valence electrons. The van der Waals surface area contributed by atoms with Crippen molar-refractivity contribution < 1.29 is 4.74 Å². The molecule has 0 saturated heterocycles. The molecule has 1 aliphatic rings. The van der Waals surface area contributed by atoms with E-state index in [-0.39, 0.29) is 0 Å². The van der Waals surface area contributed by atoms with Crippen LogP contribution in [0, 0.1) is 5.92 Å². The van der Waals surface area contributed by atoms with Gasteiger partial charge in [-0.2, -0.15) is 0 Å². The number of methoxy groups -OCH3 is 1. The first-order valence-electron chi connectivity index (χ1n) is 6.64. The van der Waals surface area contributed by atoms with E-state index in [2.05, 4.69) is 24.2 Å². The van der Waals surface area contributed by atoms with Crippen LogP contribution in [0.1, 0.15) is 30.3 Å². The summed E-state index contributed by atoms with van der Waals surface area (Å²) in [4.78, 5) is 8.30. The Bertz CT molecular complexity index is 376. The molecule has 1 aromatic rings. The number of nitrogens with one attached hydrogen (secondary N) is 1. The normalized spacial score (nSPS) is 15.1. The molecule has 2 rings (SSSR count). The molecule has 1 saturated carbocycles. The van der Waals surface area contributed by atoms with Crippen molar-refractivity contribution in [2.75, 3.05) is 32.1 Å². The van der Waals surface area contributed by atoms with Crippen LogP contribution >= 0.6 is 11.3 Å². The van der Waals surface area contributed by atoms with Gasteiger partial charge in [0.05, 0.1) is 12.3 Å². The molecule has 0 amide bonds. The second-order valence-electron chi connectivity index (χ2n) is 4.90. The summed E-state index contributed by atoms with van der Waals surface area (Å²) in [6.45, 7) is 5.74. The van der Waals surface area contributed by atoms with E-state index in [1.807, 2.05) is 0 Å². The first kappa shape index (κ1) is 13.8. The van der Waals surface area contributed by atoms with E-state index in [9.17, 15) is 0 Å². The zero-order valence-electron chi connectivity index (χ0n) is 11.5. The van der Waals surface area contributed by atoms with Gasteiger partial charge in [-0.25, -0.2) is 4.98 Å². The number of thiazole rings is 1. The fraction of sp³-hybridized carbons (Fsp3) is 0.769. The molecule has 1 fully saturated rings. The van der Waals surface area contributed by atoms with Crippen molar-refractivity contribution in [2.24, 2.45) is 5.92 Å². The Morgan fingerprint density at radius 3 is 2.89 bits per heavy atom. The first-order chi connectivity index (χ1) is 8.74. The SMILES string of the molecule is CCNCc1sc(N(C)CC2CC2)nc1COC. The molecule has 1 heterocycles. The molecule has 4 nitrogen and oxygen atoms in total. The topological polar surface area (TPSA) is 37.4 Å². The lowest BCUT2D eigenvalue weighted by molar-refractivity contribution is 0.181. The average Bonchev–Trinajstić information content (AvgIpc) is 3.07. The molecule has 1 N–H and O–H groups in total. The number of anilines is 1. The summed E-state index contributed by atoms with van der Waals surface area (Å²) in [7, 11) is 3.87. The Morgan fingerprint density at radius 2 is 2.28 bits per heavy atom. The predicted molar refractivity (Wildman–Crippen MR) is 76.2 cm³/mol. The maximum atomic E-state index is 5.23. The van der Waals surface area contributed by atoms with Crippen molar-refractivity contribution in [3.05, 3.63) is 10.6 Å². The van der Waals surface area contributed by atoms with Gasteiger partial charge in [0.2, 0.25) is 0 Å². The van der Waals surface area contributed by atoms with Crippen molar-refractivity contribution in [2.45, 2.75) is 32.9 Å². The van der Waals surface area contributed by atoms with Gasteiger partial charge in [-0.15, -0.1) is 11.3 Å². The Morgan fingerprint density at radius 1 is 1.50 bits per heavy atom. The summed E-state index contributed by atoms with van der Waals surface area (Å²) in [6, 6.07) is 0. The van der Waals surface area contributed by atoms with Crippen LogP contribution in [-0.4, -0.2) is 32.2 Å². The summed E-state index contributed by atoms with van der Waals surface area (Å²) in [6.07, 6.45) is 2.76. The van der Waals surface area contributed by atoms with Crippen molar-refractivity contribution in [1.29, 1.82) is 0 Å². The molecule has 0 radical (unpaired) electrons. The maximum absolute atomic E-state index is 5.23. The molecule has 0 spiro atoms. The standard InChI is InChI=1S/C13H23N3OS/c1-4-14-7-12-11(9-17-3)15-13(18-12)16(2)8-10-5-6-10/h10,14H,4-9H2,1-3H3. The van der Waals surface area contributed by atoms with Crippen LogP contribution in [0.15, 0.2) is 0 Å². The molecule has 5 heteroatoms. The van der Waals surface area contributed by atoms with Gasteiger partial charge in [0.15, 0.2) is 5.13 Å². The number of hydrogen-bond donors (Lipinski definition) is 1. The summed E-state index contributed by atoms with van der Waals surface area (Å²) in [5, 5.41) is 4.49. The summed E-state index contributed by atoms with van der Waals surface area (Å²) in [5.74, 6) is 0.891. The molecular formula is C13H23N3OS. The van der Waals surface area contributed by atoms with Crippen LogP contribution in [-0.2, 0) is 17.9 Å². The average molecular weight is 269 g/mol. The Balaban J connectivity index is 2.04. The van der Waals surface area contributed by atoms with E-state index in [4.69, 9.17) is 9.72 Å². The summed E-state index contributed by atoms with van der Waals surface area (Å²) >= 11 is 1.79. The van der Waals surface area contributed by atoms with Crippen LogP contribution in [0.5, 0.6) is 0 Å². The minimum Gasteiger partial charge on any atom is -0.378 e. The number of rotatable bonds is 8. The third-order valence-electron chi connectivity index (χ3n) is 3.14. The first-order valence-corrected chi connectivity index (χ1v) is 7.45. The third-order valence-corrected chi connectivity index (χ3v) is 4.35. The van der Waals surface area contributed by atoms with Crippen molar-refractivity contribution in [3.8, 4) is 0 Å². The molecule has 0 aliphatic heterocycles. The van der Waals surface area contributed by atoms with Crippen LogP contribution in [0.2, 0.25) is 0 Å². The van der Waals surface area contributed by atoms with Gasteiger partial charge in [0, 0.05) is 32.1 Å². The molecule has 1 aliphatic carbocycles. The van der Waals surface area contributed by atoms with Gasteiger partial charge in [-0.3, -0.25) is 0 Å². The van der Waals surface area contributed by atoms with Gasteiger partial charge >= 0.3 is 0 Å². The van der Waals surface area contributed by atoms with Crippen molar-refractivity contribution >= 4 is 16.5 Å². The molecule has 0 atom stereocenters. The van der Waals surface area contributed by atoms with E-state index >= 15 is 0 Å². The number of ether oxygens (including phenoxy) is 1. The second kappa shape index (κ2) is 6.50. The van der Waals surface area contributed by atoms with E-state index < -0.39 is 0 Å². The molecule has 0 unspecified atom stereocenters. The van der Waals surface area contributed by atoms with Crippen molar-refractivity contribution in [1.82, 2.24) is 10.3 Å². The summed E-state index contributed by atoms with van der Waals surface area (Å²) in [5.41, 5.74) is 1.08. The van der Waals surface area contributed by atoms with E-state index in [1.54, 1.807) is 18.4 Å². The largest absolute Gasteiger partial charge is 0.378 e. The second-order valence-corrected chi connectivity index (χ2v) is 5.97. The highest BCUT2D eigenvalue weighted by molar-refractivity contribution is 7.15. The highest BCUT2D eigenvalue weighted by Crippen LogP contribution is 2.33. The number of aromatic nitrogens is 1. The van der Waals surface area contributed by atoms with Crippen LogP contribution in [0.4, 0.5) is 5.13 Å². The number of nitrogens with zero attached hydrogens (tertiary/aromatic N) is 2. The fourth-order valence-electron chi connectivity index (χ4n) is 1.92. The summed E-state index contributed by atoms with van der Waals surface area (Å²) < 4.78 is 5.23. The Kier molecular flexibility index (Phi) is 4.97. The lowest BCUT2D eigenvalue weighted by Crippen LogP contribution is -2.19. The van der Waals surface area contributed by atoms with Crippen LogP contribution in [0.3, 0.4) is 0 Å². The maximum Gasteiger partial charge on any atom is 0.185 e. The Hall–Kier alpha value is -0.650. The van der Waals surface area contributed by atoms with E-state index in [1.165, 1.54) is 17.7 Å². The Labute approximate surface area is 113 Å². The third kappa shape index (κ3) is 3.67. The van der Waals surface area contributed by atoms with Crippen molar-refractivity contribution in [3.63, 3.8) is 0 Å². The zero-order chi connectivity index (χ0) is 13.0. The monoisotopic (exact) mass is 269 g/mol. The fourth-order valence-corrected chi connectivity index (χ4v) is 2.93. The molecular weight excluding hydrogens is 246 g/mol. The quantitative estimate of drug-likeness (QED) is 0.785. The van der Waals surface area contributed by atoms with Gasteiger partial charge in [-0.1, -0.05) is 6.92 Å². The lowest BCUT2D eigenvalue weighted by atomic mass is 10.3. The predicted octanol–water partition coefficient (Wildman–Crippen LogP) is 2.25. The van der Waals surface area contributed by atoms with Gasteiger partial charge < -0.3 is 15.0 Å². The molecule has 18 heavy (non-hydrogen) atoms.